The van der Waals surface area contributed by atoms with Crippen molar-refractivity contribution in [2.75, 3.05) is 5.73 Å². The van der Waals surface area contributed by atoms with Gasteiger partial charge in [0.15, 0.2) is 0 Å². The smallest absolute Gasteiger partial charge is 0.335 e. The van der Waals surface area contributed by atoms with Crippen LogP contribution in [0.2, 0.25) is 0 Å². The molecule has 0 aliphatic heterocycles. The van der Waals surface area contributed by atoms with Gasteiger partial charge in [-0.2, -0.15) is 32.2 Å². The first-order valence-electron chi connectivity index (χ1n) is 11.0. The fraction of sp³-hybridized carbons (Fsp3) is 0.0417. The molecular formula is C24H19N5O9S2. The number of anilines is 1. The molecule has 0 atom stereocenters. The number of nitrogens with zero attached hydrogens (tertiary/aromatic N) is 4. The van der Waals surface area contributed by atoms with E-state index in [2.05, 4.69) is 20.5 Å². The Labute approximate surface area is 226 Å². The molecule has 40 heavy (non-hydrogen) atoms. The van der Waals surface area contributed by atoms with Crippen molar-refractivity contribution in [3.63, 3.8) is 0 Å². The number of benzene rings is 4. The molecule has 4 aromatic rings. The van der Waals surface area contributed by atoms with Crippen molar-refractivity contribution in [1.82, 2.24) is 0 Å². The number of aromatic hydroxyl groups is 1. The molecular weight excluding hydrogens is 566 g/mol. The van der Waals surface area contributed by atoms with Gasteiger partial charge in [0.05, 0.1) is 38.6 Å². The zero-order valence-electron chi connectivity index (χ0n) is 20.3. The predicted molar refractivity (Wildman–Crippen MR) is 143 cm³/mol. The maximum Gasteiger partial charge on any atom is 0.335 e. The van der Waals surface area contributed by atoms with Crippen LogP contribution in [0.25, 0.3) is 10.8 Å². The number of nitrogens with two attached hydrogens (primary N) is 1. The minimum atomic E-state index is -4.98. The Kier molecular flexibility index (Phi) is 7.36. The standard InChI is InChI=1S/C24H19N5O9S2/c1-12-8-15(6-7-18(12)28-26-14-4-2-13(3-5-14)24(31)32)27-29-19-11-21(40(36,37)38)17-9-16(39(33,34)35)10-20(30)22(17)23(19)25/h2-11,30H,25H2,1H3,(H,31,32)(H,33,34,35)(H,36,37,38). The zero-order chi connectivity index (χ0) is 29.4. The number of azo groups is 2. The molecule has 206 valence electrons. The second kappa shape index (κ2) is 10.4. The highest BCUT2D eigenvalue weighted by Crippen LogP contribution is 2.42. The molecule has 0 saturated heterocycles. The Bertz CT molecular complexity index is 1960. The number of hydrogen-bond donors (Lipinski definition) is 5. The summed E-state index contributed by atoms with van der Waals surface area (Å²) in [4.78, 5) is 9.31. The van der Waals surface area contributed by atoms with E-state index in [1.54, 1.807) is 19.1 Å². The van der Waals surface area contributed by atoms with Crippen LogP contribution in [-0.2, 0) is 20.2 Å². The first kappa shape index (κ1) is 28.2. The van der Waals surface area contributed by atoms with E-state index in [1.165, 1.54) is 30.3 Å². The van der Waals surface area contributed by atoms with Gasteiger partial charge in [-0.15, -0.1) is 5.11 Å². The number of hydrogen-bond acceptors (Lipinski definition) is 11. The Hall–Kier alpha value is -4.77. The Morgan fingerprint density at radius 3 is 1.95 bits per heavy atom. The Morgan fingerprint density at radius 2 is 1.38 bits per heavy atom. The van der Waals surface area contributed by atoms with Crippen molar-refractivity contribution in [3.8, 4) is 5.75 Å². The molecule has 4 rings (SSSR count). The van der Waals surface area contributed by atoms with Crippen LogP contribution < -0.4 is 5.73 Å². The molecule has 14 nitrogen and oxygen atoms in total. The minimum absolute atomic E-state index is 0.110. The molecule has 0 spiro atoms. The molecule has 0 aliphatic rings. The quantitative estimate of drug-likeness (QED) is 0.104. The molecule has 0 bridgehead atoms. The third-order valence-corrected chi connectivity index (χ3v) is 7.31. The van der Waals surface area contributed by atoms with E-state index in [4.69, 9.17) is 10.8 Å². The van der Waals surface area contributed by atoms with Crippen molar-refractivity contribution >= 4 is 65.4 Å². The first-order valence-corrected chi connectivity index (χ1v) is 13.8. The molecule has 0 unspecified atom stereocenters. The molecule has 0 radical (unpaired) electrons. The Morgan fingerprint density at radius 1 is 0.775 bits per heavy atom. The van der Waals surface area contributed by atoms with E-state index < -0.39 is 47.1 Å². The molecule has 0 amide bonds. The van der Waals surface area contributed by atoms with Crippen LogP contribution in [0.3, 0.4) is 0 Å². The molecule has 16 heteroatoms. The molecule has 0 fully saturated rings. The van der Waals surface area contributed by atoms with Crippen LogP contribution in [0.4, 0.5) is 28.4 Å². The number of carboxylic acid groups (broad SMARTS) is 1. The summed E-state index contributed by atoms with van der Waals surface area (Å²) in [5.74, 6) is -1.85. The van der Waals surface area contributed by atoms with Crippen molar-refractivity contribution in [2.24, 2.45) is 20.5 Å². The second-order valence-corrected chi connectivity index (χ2v) is 11.2. The highest BCUT2D eigenvalue weighted by molar-refractivity contribution is 7.86. The normalized spacial score (nSPS) is 12.5. The number of nitrogen functional groups attached to an aromatic ring is 1. The van der Waals surface area contributed by atoms with E-state index >= 15 is 0 Å². The van der Waals surface area contributed by atoms with E-state index in [9.17, 15) is 35.8 Å². The minimum Gasteiger partial charge on any atom is -0.507 e. The highest BCUT2D eigenvalue weighted by atomic mass is 32.2. The highest BCUT2D eigenvalue weighted by Gasteiger charge is 2.24. The number of phenolic OH excluding ortho intramolecular Hbond substituents is 1. The second-order valence-electron chi connectivity index (χ2n) is 8.35. The maximum atomic E-state index is 12.1. The predicted octanol–water partition coefficient (Wildman–Crippen LogP) is 5.46. The van der Waals surface area contributed by atoms with Gasteiger partial charge in [0.2, 0.25) is 0 Å². The van der Waals surface area contributed by atoms with Gasteiger partial charge in [0.25, 0.3) is 20.2 Å². The van der Waals surface area contributed by atoms with Gasteiger partial charge in [-0.05, 0) is 67.1 Å². The fourth-order valence-corrected chi connectivity index (χ4v) is 4.87. The molecule has 0 aromatic heterocycles. The zero-order valence-corrected chi connectivity index (χ0v) is 21.9. The van der Waals surface area contributed by atoms with Gasteiger partial charge >= 0.3 is 5.97 Å². The lowest BCUT2D eigenvalue weighted by molar-refractivity contribution is 0.0697. The summed E-state index contributed by atoms with van der Waals surface area (Å²) >= 11 is 0. The summed E-state index contributed by atoms with van der Waals surface area (Å²) < 4.78 is 66.2. The van der Waals surface area contributed by atoms with Crippen LogP contribution in [0.1, 0.15) is 15.9 Å². The summed E-state index contributed by atoms with van der Waals surface area (Å²) in [6, 6.07) is 12.7. The number of aromatic carboxylic acids is 1. The van der Waals surface area contributed by atoms with Crippen LogP contribution in [-0.4, -0.2) is 42.1 Å². The SMILES string of the molecule is Cc1cc(N=Nc2cc(S(=O)(=O)O)c3cc(S(=O)(=O)O)cc(O)c3c2N)ccc1N=Nc1ccc(C(=O)O)cc1. The van der Waals surface area contributed by atoms with Gasteiger partial charge in [-0.3, -0.25) is 9.11 Å². The third-order valence-electron chi connectivity index (χ3n) is 5.59. The van der Waals surface area contributed by atoms with E-state index in [1.807, 2.05) is 0 Å². The summed E-state index contributed by atoms with van der Waals surface area (Å²) in [5, 5.41) is 34.7. The average molecular weight is 586 g/mol. The number of aryl methyl sites for hydroxylation is 1. The molecule has 6 N–H and O–H groups in total. The summed E-state index contributed by atoms with van der Waals surface area (Å²) in [6.45, 7) is 1.71. The van der Waals surface area contributed by atoms with E-state index in [0.717, 1.165) is 12.1 Å². The topological polar surface area (TPSA) is 242 Å². The van der Waals surface area contributed by atoms with Crippen LogP contribution in [0.5, 0.6) is 5.75 Å². The van der Waals surface area contributed by atoms with E-state index in [0.29, 0.717) is 28.7 Å². The summed E-state index contributed by atoms with van der Waals surface area (Å²) in [5.41, 5.74) is 7.46. The lowest BCUT2D eigenvalue weighted by Gasteiger charge is -2.12. The van der Waals surface area contributed by atoms with Gasteiger partial charge < -0.3 is 15.9 Å². The van der Waals surface area contributed by atoms with Crippen molar-refractivity contribution < 1.29 is 40.9 Å². The van der Waals surface area contributed by atoms with Crippen LogP contribution >= 0.6 is 0 Å². The van der Waals surface area contributed by atoms with Crippen LogP contribution in [0.15, 0.2) is 90.9 Å². The number of carbonyl (C=O) groups is 1. The van der Waals surface area contributed by atoms with Crippen molar-refractivity contribution in [3.05, 3.63) is 71.8 Å². The van der Waals surface area contributed by atoms with Gasteiger partial charge in [0.1, 0.15) is 16.3 Å². The van der Waals surface area contributed by atoms with Gasteiger partial charge in [-0.25, -0.2) is 4.79 Å². The molecule has 0 heterocycles. The first-order chi connectivity index (χ1) is 18.6. The maximum absolute atomic E-state index is 12.1. The van der Waals surface area contributed by atoms with E-state index in [-0.39, 0.29) is 22.3 Å². The van der Waals surface area contributed by atoms with Crippen molar-refractivity contribution in [1.29, 1.82) is 0 Å². The lowest BCUT2D eigenvalue weighted by atomic mass is 10.1. The number of phenols is 1. The molecule has 0 saturated carbocycles. The molecule has 4 aromatic carbocycles. The van der Waals surface area contributed by atoms with Crippen LogP contribution in [0, 0.1) is 6.92 Å². The largest absolute Gasteiger partial charge is 0.507 e. The average Bonchev–Trinajstić information content (AvgIpc) is 2.86. The number of carboxylic acids is 1. The van der Waals surface area contributed by atoms with Gasteiger partial charge in [0, 0.05) is 11.5 Å². The fourth-order valence-electron chi connectivity index (χ4n) is 3.64. The Balaban J connectivity index is 1.70. The summed E-state index contributed by atoms with van der Waals surface area (Å²) in [7, 11) is -9.81. The van der Waals surface area contributed by atoms with Gasteiger partial charge in [-0.1, -0.05) is 0 Å². The number of fused-ring (bicyclic) bond motifs is 1. The lowest BCUT2D eigenvalue weighted by Crippen LogP contribution is -2.04. The third kappa shape index (κ3) is 5.94. The van der Waals surface area contributed by atoms with Crippen molar-refractivity contribution in [2.45, 2.75) is 16.7 Å². The monoisotopic (exact) mass is 585 g/mol. The number of rotatable bonds is 7. The summed E-state index contributed by atoms with van der Waals surface area (Å²) in [6.07, 6.45) is 0. The molecule has 0 aliphatic carbocycles.